The molecule has 0 unspecified atom stereocenters. The Morgan fingerprint density at radius 3 is 1.34 bits per heavy atom. The minimum absolute atomic E-state index is 0.0215. The zero-order valence-corrected chi connectivity index (χ0v) is 37.7. The lowest BCUT2D eigenvalue weighted by atomic mass is 10.1. The number of unbranched alkanes of at least 4 members (excludes halogenated alkanes) is 22. The Hall–Kier alpha value is -1.94. The zero-order valence-electron chi connectivity index (χ0n) is 36.1. The van der Waals surface area contributed by atoms with Crippen molar-refractivity contribution in [3.63, 3.8) is 0 Å². The van der Waals surface area contributed by atoms with Gasteiger partial charge in [0, 0.05) is 31.6 Å². The average Bonchev–Trinajstić information content (AvgIpc) is 3.19. The number of carbonyl (C=O) groups excluding carboxylic acids is 4. The summed E-state index contributed by atoms with van der Waals surface area (Å²) in [5, 5.41) is 2.78. The minimum atomic E-state index is -0.884. The van der Waals surface area contributed by atoms with Gasteiger partial charge in [0.1, 0.15) is 13.2 Å². The molecule has 0 saturated heterocycles. The summed E-state index contributed by atoms with van der Waals surface area (Å²) in [4.78, 5) is 49.6. The van der Waals surface area contributed by atoms with E-state index >= 15 is 0 Å². The molecule has 0 heterocycles. The highest BCUT2D eigenvalue weighted by Gasteiger charge is 2.20. The van der Waals surface area contributed by atoms with Crippen LogP contribution in [0, 0.1) is 0 Å². The lowest BCUT2D eigenvalue weighted by Crippen LogP contribution is -2.31. The van der Waals surface area contributed by atoms with Gasteiger partial charge in [-0.15, -0.1) is 0 Å². The molecule has 0 aromatic rings. The molecule has 0 spiro atoms. The van der Waals surface area contributed by atoms with Crippen molar-refractivity contribution in [1.29, 1.82) is 0 Å². The fourth-order valence-electron chi connectivity index (χ4n) is 6.18. The highest BCUT2D eigenvalue weighted by molar-refractivity contribution is 8.76. The third-order valence-electron chi connectivity index (χ3n) is 9.63. The Bertz CT molecular complexity index is 991. The normalized spacial score (nSPS) is 12.0. The quantitative estimate of drug-likeness (QED) is 0.0212. The molecule has 1 amide bonds. The summed E-state index contributed by atoms with van der Waals surface area (Å²) in [6.07, 6.45) is 41.6. The smallest absolute Gasteiger partial charge is 0.306 e. The van der Waals surface area contributed by atoms with Gasteiger partial charge in [-0.3, -0.25) is 19.2 Å². The Balaban J connectivity index is 4.38. The number of nitrogens with one attached hydrogen (secondary N) is 1. The first-order valence-corrected chi connectivity index (χ1v) is 25.4. The van der Waals surface area contributed by atoms with Crippen LogP contribution >= 0.6 is 21.6 Å². The molecule has 1 atom stereocenters. The molecule has 0 aromatic carbocycles. The van der Waals surface area contributed by atoms with Gasteiger partial charge in [-0.1, -0.05) is 162 Å². The van der Waals surface area contributed by atoms with Crippen LogP contribution in [0.2, 0.25) is 0 Å². The third kappa shape index (κ3) is 41.7. The van der Waals surface area contributed by atoms with Crippen LogP contribution < -0.4 is 5.32 Å². The summed E-state index contributed by atoms with van der Waals surface area (Å²) in [6, 6.07) is 0. The van der Waals surface area contributed by atoms with Crippen LogP contribution in [0.4, 0.5) is 0 Å². The van der Waals surface area contributed by atoms with Crippen molar-refractivity contribution < 1.29 is 33.4 Å². The number of esters is 3. The Labute approximate surface area is 351 Å². The second-order valence-electron chi connectivity index (χ2n) is 15.0. The summed E-state index contributed by atoms with van der Waals surface area (Å²) >= 11 is 0. The van der Waals surface area contributed by atoms with E-state index in [0.29, 0.717) is 13.0 Å². The van der Waals surface area contributed by atoms with Gasteiger partial charge < -0.3 is 19.5 Å². The van der Waals surface area contributed by atoms with Crippen LogP contribution in [0.25, 0.3) is 0 Å². The van der Waals surface area contributed by atoms with Crippen molar-refractivity contribution >= 4 is 45.4 Å². The molecule has 0 rings (SSSR count). The minimum Gasteiger partial charge on any atom is -0.462 e. The first-order valence-electron chi connectivity index (χ1n) is 22.7. The molecule has 56 heavy (non-hydrogen) atoms. The van der Waals surface area contributed by atoms with Gasteiger partial charge in [0.15, 0.2) is 6.10 Å². The van der Waals surface area contributed by atoms with E-state index in [4.69, 9.17) is 14.2 Å². The predicted octanol–water partition coefficient (Wildman–Crippen LogP) is 13.0. The molecule has 0 aliphatic carbocycles. The molecular weight excluding hydrogens is 743 g/mol. The third-order valence-corrected chi connectivity index (χ3v) is 11.4. The van der Waals surface area contributed by atoms with E-state index < -0.39 is 12.1 Å². The van der Waals surface area contributed by atoms with Gasteiger partial charge in [-0.2, -0.15) is 0 Å². The summed E-state index contributed by atoms with van der Waals surface area (Å²) in [7, 11) is 3.29. The molecule has 0 aliphatic rings. The average molecular weight is 826 g/mol. The molecular formula is C46H83NO7S2. The van der Waals surface area contributed by atoms with Crippen LogP contribution in [-0.2, 0) is 33.4 Å². The Morgan fingerprint density at radius 1 is 0.500 bits per heavy atom. The molecule has 0 saturated carbocycles. The van der Waals surface area contributed by atoms with Gasteiger partial charge in [0.05, 0.1) is 6.42 Å². The number of allylic oxidation sites excluding steroid dienone is 4. The lowest BCUT2D eigenvalue weighted by Gasteiger charge is -2.18. The van der Waals surface area contributed by atoms with Crippen LogP contribution in [0.15, 0.2) is 24.3 Å². The number of amides is 1. The first-order chi connectivity index (χ1) is 27.4. The maximum absolute atomic E-state index is 12.7. The molecule has 10 heteroatoms. The van der Waals surface area contributed by atoms with E-state index in [1.165, 1.54) is 96.3 Å². The second kappa shape index (κ2) is 44.2. The number of hydrogen-bond donors (Lipinski definition) is 1. The first kappa shape index (κ1) is 54.1. The number of carbonyl (C=O) groups is 4. The molecule has 1 N–H and O–H groups in total. The standard InChI is InChI=1S/C46H83NO7S2/c1-4-6-8-10-12-14-16-18-20-22-24-26-28-30-32-34-44(49)52-40-42(41-53-45(50)37-36-43(48)47-38-39-56-55-3)54-46(51)35-33-31-29-27-25-23-21-19-17-15-13-11-9-7-5-2/h18-21,42H,4-17,22-41H2,1-3H3,(H,47,48)/b20-18-,21-19-/t42-/m0/s1. The molecule has 0 fully saturated rings. The van der Waals surface area contributed by atoms with Crippen LogP contribution in [0.1, 0.15) is 206 Å². The molecule has 0 radical (unpaired) electrons. The predicted molar refractivity (Wildman–Crippen MR) is 239 cm³/mol. The fourth-order valence-corrected chi connectivity index (χ4v) is 7.28. The zero-order chi connectivity index (χ0) is 41.0. The van der Waals surface area contributed by atoms with E-state index in [1.54, 1.807) is 21.6 Å². The molecule has 0 aliphatic heterocycles. The monoisotopic (exact) mass is 826 g/mol. The summed E-state index contributed by atoms with van der Waals surface area (Å²) in [5.41, 5.74) is 0. The van der Waals surface area contributed by atoms with Crippen molar-refractivity contribution in [2.75, 3.05) is 31.8 Å². The molecule has 326 valence electrons. The highest BCUT2D eigenvalue weighted by Crippen LogP contribution is 2.15. The number of ether oxygens (including phenoxy) is 3. The number of hydrogen-bond acceptors (Lipinski definition) is 9. The van der Waals surface area contributed by atoms with Gasteiger partial charge in [-0.05, 0) is 70.5 Å². The molecule has 0 aromatic heterocycles. The SMILES string of the molecule is CCCCCCCC/C=C\CCCCCCCC(=O)OC[C@@H](COC(=O)CCC(=O)NCCSSC)OC(=O)CCCCCCC/C=C\CCCCCCCC. The van der Waals surface area contributed by atoms with Gasteiger partial charge in [-0.25, -0.2) is 0 Å². The Morgan fingerprint density at radius 2 is 0.893 bits per heavy atom. The summed E-state index contributed by atoms with van der Waals surface area (Å²) in [5.74, 6) is -0.715. The van der Waals surface area contributed by atoms with Gasteiger partial charge >= 0.3 is 17.9 Å². The van der Waals surface area contributed by atoms with Crippen molar-refractivity contribution in [2.24, 2.45) is 0 Å². The van der Waals surface area contributed by atoms with Crippen LogP contribution in [0.5, 0.6) is 0 Å². The topological polar surface area (TPSA) is 108 Å². The fraction of sp³-hybridized carbons (Fsp3) is 0.826. The van der Waals surface area contributed by atoms with Crippen LogP contribution in [0.3, 0.4) is 0 Å². The van der Waals surface area contributed by atoms with Gasteiger partial charge in [0.25, 0.3) is 0 Å². The number of rotatable bonds is 42. The Kier molecular flexibility index (Phi) is 42.6. The molecule has 0 bridgehead atoms. The molecule has 8 nitrogen and oxygen atoms in total. The van der Waals surface area contributed by atoms with E-state index in [0.717, 1.165) is 76.4 Å². The van der Waals surface area contributed by atoms with E-state index in [2.05, 4.69) is 43.5 Å². The van der Waals surface area contributed by atoms with Gasteiger partial charge in [0.2, 0.25) is 5.91 Å². The second-order valence-corrected chi connectivity index (χ2v) is 17.7. The van der Waals surface area contributed by atoms with Crippen molar-refractivity contribution in [2.45, 2.75) is 213 Å². The lowest BCUT2D eigenvalue weighted by molar-refractivity contribution is -0.167. The van der Waals surface area contributed by atoms with Crippen molar-refractivity contribution in [1.82, 2.24) is 5.32 Å². The van der Waals surface area contributed by atoms with E-state index in [1.807, 2.05) is 6.26 Å². The summed E-state index contributed by atoms with van der Waals surface area (Å²) < 4.78 is 16.4. The van der Waals surface area contributed by atoms with Crippen molar-refractivity contribution in [3.8, 4) is 0 Å². The maximum Gasteiger partial charge on any atom is 0.306 e. The van der Waals surface area contributed by atoms with E-state index in [9.17, 15) is 19.2 Å². The van der Waals surface area contributed by atoms with Crippen molar-refractivity contribution in [3.05, 3.63) is 24.3 Å². The van der Waals surface area contributed by atoms with E-state index in [-0.39, 0.29) is 50.3 Å². The summed E-state index contributed by atoms with van der Waals surface area (Å²) in [6.45, 7) is 4.66. The largest absolute Gasteiger partial charge is 0.462 e. The van der Waals surface area contributed by atoms with Crippen LogP contribution in [-0.4, -0.2) is 61.7 Å². The maximum atomic E-state index is 12.7. The highest BCUT2D eigenvalue weighted by atomic mass is 33.1.